The number of methoxy groups -OCH3 is 1. The van der Waals surface area contributed by atoms with E-state index in [1.807, 2.05) is 30.3 Å². The van der Waals surface area contributed by atoms with Crippen LogP contribution in [0.2, 0.25) is 0 Å². The molecule has 0 saturated carbocycles. The maximum absolute atomic E-state index is 10.5. The Morgan fingerprint density at radius 3 is 2.68 bits per heavy atom. The van der Waals surface area contributed by atoms with Crippen LogP contribution in [0.3, 0.4) is 0 Å². The highest BCUT2D eigenvalue weighted by Gasteiger charge is 2.26. The van der Waals surface area contributed by atoms with Crippen LogP contribution in [0, 0.1) is 0 Å². The molecule has 98 valence electrons. The largest absolute Gasteiger partial charge is 0.497 e. The number of hydrogen-bond acceptors (Lipinski definition) is 3. The summed E-state index contributed by atoms with van der Waals surface area (Å²) in [4.78, 5) is 0. The van der Waals surface area contributed by atoms with Crippen molar-refractivity contribution >= 4 is 0 Å². The zero-order chi connectivity index (χ0) is 13.4. The molecule has 1 heterocycles. The normalized spacial score (nSPS) is 16.3. The van der Waals surface area contributed by atoms with Crippen molar-refractivity contribution in [2.45, 2.75) is 19.4 Å². The predicted octanol–water partition coefficient (Wildman–Crippen LogP) is 3.45. The minimum atomic E-state index is -0.642. The second-order valence-electron chi connectivity index (χ2n) is 4.63. The van der Waals surface area contributed by atoms with E-state index in [1.54, 1.807) is 13.2 Å². The van der Waals surface area contributed by atoms with Gasteiger partial charge in [-0.15, -0.1) is 0 Å². The van der Waals surface area contributed by atoms with Crippen molar-refractivity contribution in [2.24, 2.45) is 0 Å². The molecule has 19 heavy (non-hydrogen) atoms. The fraction of sp³-hybridized carbons (Fsp3) is 0.250. The highest BCUT2D eigenvalue weighted by molar-refractivity contribution is 5.54. The third-order valence-corrected chi connectivity index (χ3v) is 3.51. The van der Waals surface area contributed by atoms with Gasteiger partial charge in [-0.2, -0.15) is 0 Å². The van der Waals surface area contributed by atoms with Crippen molar-refractivity contribution < 1.29 is 14.6 Å². The molecule has 3 rings (SSSR count). The summed E-state index contributed by atoms with van der Waals surface area (Å²) in [6, 6.07) is 11.4. The molecule has 0 aliphatic carbocycles. The van der Waals surface area contributed by atoms with Crippen molar-refractivity contribution in [3.8, 4) is 17.2 Å². The van der Waals surface area contributed by atoms with Crippen molar-refractivity contribution in [2.75, 3.05) is 7.11 Å². The van der Waals surface area contributed by atoms with E-state index in [1.165, 1.54) is 5.56 Å². The Kier molecular flexibility index (Phi) is 2.91. The standard InChI is InChI=1S/C16H16O3/c1-3-10-4-7-14-13(8-10)16(17)12-6-5-11(18-2)9-15(12)19-14/h4-9,16-17H,3H2,1-2H3. The van der Waals surface area contributed by atoms with Gasteiger partial charge in [0.1, 0.15) is 23.4 Å². The van der Waals surface area contributed by atoms with Gasteiger partial charge >= 0.3 is 0 Å². The fourth-order valence-corrected chi connectivity index (χ4v) is 2.37. The molecule has 1 aliphatic rings. The molecule has 0 aromatic heterocycles. The van der Waals surface area contributed by atoms with Crippen LogP contribution in [-0.2, 0) is 6.42 Å². The number of ether oxygens (including phenoxy) is 2. The summed E-state index contributed by atoms with van der Waals surface area (Å²) in [6.07, 6.45) is 0.298. The van der Waals surface area contributed by atoms with Gasteiger partial charge in [-0.05, 0) is 36.2 Å². The van der Waals surface area contributed by atoms with E-state index in [2.05, 4.69) is 6.92 Å². The SMILES string of the molecule is CCc1ccc2c(c1)C(O)c1ccc(OC)cc1O2. The summed E-state index contributed by atoms with van der Waals surface area (Å²) in [5.74, 6) is 2.09. The van der Waals surface area contributed by atoms with E-state index in [4.69, 9.17) is 9.47 Å². The second kappa shape index (κ2) is 4.59. The Labute approximate surface area is 112 Å². The molecule has 3 nitrogen and oxygen atoms in total. The molecular formula is C16H16O3. The number of benzene rings is 2. The van der Waals surface area contributed by atoms with Crippen LogP contribution in [0.4, 0.5) is 0 Å². The van der Waals surface area contributed by atoms with Crippen LogP contribution < -0.4 is 9.47 Å². The van der Waals surface area contributed by atoms with Gasteiger partial charge in [0.2, 0.25) is 0 Å². The van der Waals surface area contributed by atoms with Crippen LogP contribution in [0.15, 0.2) is 36.4 Å². The van der Waals surface area contributed by atoms with Crippen LogP contribution in [0.25, 0.3) is 0 Å². The minimum Gasteiger partial charge on any atom is -0.497 e. The number of aliphatic hydroxyl groups is 1. The monoisotopic (exact) mass is 256 g/mol. The lowest BCUT2D eigenvalue weighted by Gasteiger charge is -2.25. The Balaban J connectivity index is 2.08. The van der Waals surface area contributed by atoms with E-state index in [9.17, 15) is 5.11 Å². The Morgan fingerprint density at radius 1 is 1.11 bits per heavy atom. The van der Waals surface area contributed by atoms with E-state index in [0.717, 1.165) is 23.3 Å². The van der Waals surface area contributed by atoms with Crippen LogP contribution >= 0.6 is 0 Å². The first-order valence-electron chi connectivity index (χ1n) is 6.39. The lowest BCUT2D eigenvalue weighted by atomic mass is 9.95. The number of aryl methyl sites for hydroxylation is 1. The molecule has 0 radical (unpaired) electrons. The highest BCUT2D eigenvalue weighted by Crippen LogP contribution is 2.44. The summed E-state index contributed by atoms with van der Waals surface area (Å²) in [5, 5.41) is 10.5. The van der Waals surface area contributed by atoms with Gasteiger partial charge in [-0.25, -0.2) is 0 Å². The van der Waals surface area contributed by atoms with Crippen LogP contribution in [0.5, 0.6) is 17.2 Å². The lowest BCUT2D eigenvalue weighted by molar-refractivity contribution is 0.202. The van der Waals surface area contributed by atoms with Crippen molar-refractivity contribution in [3.63, 3.8) is 0 Å². The Morgan fingerprint density at radius 2 is 1.95 bits per heavy atom. The van der Waals surface area contributed by atoms with Crippen LogP contribution in [-0.4, -0.2) is 12.2 Å². The van der Waals surface area contributed by atoms with Crippen molar-refractivity contribution in [3.05, 3.63) is 53.1 Å². The van der Waals surface area contributed by atoms with Crippen molar-refractivity contribution in [1.82, 2.24) is 0 Å². The van der Waals surface area contributed by atoms with E-state index < -0.39 is 6.10 Å². The van der Waals surface area contributed by atoms with E-state index in [-0.39, 0.29) is 0 Å². The maximum Gasteiger partial charge on any atom is 0.137 e. The highest BCUT2D eigenvalue weighted by atomic mass is 16.5. The fourth-order valence-electron chi connectivity index (χ4n) is 2.37. The molecule has 0 bridgehead atoms. The minimum absolute atomic E-state index is 0.642. The Bertz CT molecular complexity index is 619. The maximum atomic E-state index is 10.5. The quantitative estimate of drug-likeness (QED) is 0.894. The van der Waals surface area contributed by atoms with Crippen molar-refractivity contribution in [1.29, 1.82) is 0 Å². The van der Waals surface area contributed by atoms with Gasteiger partial charge < -0.3 is 14.6 Å². The molecule has 0 saturated heterocycles. The van der Waals surface area contributed by atoms with E-state index in [0.29, 0.717) is 11.5 Å². The summed E-state index contributed by atoms with van der Waals surface area (Å²) >= 11 is 0. The van der Waals surface area contributed by atoms with Crippen LogP contribution in [0.1, 0.15) is 29.7 Å². The number of fused-ring (bicyclic) bond motifs is 2. The summed E-state index contributed by atoms with van der Waals surface area (Å²) in [5.41, 5.74) is 2.80. The number of hydrogen-bond donors (Lipinski definition) is 1. The second-order valence-corrected chi connectivity index (χ2v) is 4.63. The van der Waals surface area contributed by atoms with Gasteiger partial charge in [0.15, 0.2) is 0 Å². The van der Waals surface area contributed by atoms with Gasteiger partial charge in [0.25, 0.3) is 0 Å². The third kappa shape index (κ3) is 1.96. The first kappa shape index (κ1) is 12.1. The Hall–Kier alpha value is -2.00. The molecule has 1 unspecified atom stereocenters. The molecule has 0 fully saturated rings. The molecule has 0 spiro atoms. The smallest absolute Gasteiger partial charge is 0.137 e. The van der Waals surface area contributed by atoms with Gasteiger partial charge in [0.05, 0.1) is 7.11 Å². The first-order valence-corrected chi connectivity index (χ1v) is 6.39. The molecule has 3 heteroatoms. The average molecular weight is 256 g/mol. The lowest BCUT2D eigenvalue weighted by Crippen LogP contribution is -2.10. The van der Waals surface area contributed by atoms with Gasteiger partial charge in [-0.1, -0.05) is 13.0 Å². The zero-order valence-electron chi connectivity index (χ0n) is 11.0. The number of rotatable bonds is 2. The molecule has 0 amide bonds. The molecule has 2 aromatic carbocycles. The summed E-state index contributed by atoms with van der Waals surface area (Å²) in [7, 11) is 1.61. The average Bonchev–Trinajstić information content (AvgIpc) is 2.46. The molecule has 1 N–H and O–H groups in total. The van der Waals surface area contributed by atoms with Gasteiger partial charge in [0, 0.05) is 17.2 Å². The molecule has 1 aliphatic heterocycles. The van der Waals surface area contributed by atoms with Gasteiger partial charge in [-0.3, -0.25) is 0 Å². The summed E-state index contributed by atoms with van der Waals surface area (Å²) < 4.78 is 11.0. The zero-order valence-corrected chi connectivity index (χ0v) is 11.0. The summed E-state index contributed by atoms with van der Waals surface area (Å²) in [6.45, 7) is 2.09. The molecule has 1 atom stereocenters. The first-order chi connectivity index (χ1) is 9.22. The molecule has 2 aromatic rings. The predicted molar refractivity (Wildman–Crippen MR) is 72.9 cm³/mol. The topological polar surface area (TPSA) is 38.7 Å². The third-order valence-electron chi connectivity index (χ3n) is 3.51. The number of aliphatic hydroxyl groups excluding tert-OH is 1. The van der Waals surface area contributed by atoms with E-state index >= 15 is 0 Å². The molecular weight excluding hydrogens is 240 g/mol.